The number of carbonyl (C=O) groups excluding carboxylic acids is 1. The minimum Gasteiger partial charge on any atom is -0.330 e. The number of para-hydroxylation sites is 2. The third-order valence-electron chi connectivity index (χ3n) is 4.19. The quantitative estimate of drug-likeness (QED) is 0.639. The van der Waals surface area contributed by atoms with Gasteiger partial charge in [0.15, 0.2) is 0 Å². The molecule has 5 nitrogen and oxygen atoms in total. The molecule has 2 aromatic carbocycles. The number of hydrogen-bond donors (Lipinski definition) is 0. The van der Waals surface area contributed by atoms with Crippen LogP contribution in [0.5, 0.6) is 0 Å². The molecule has 1 aliphatic rings. The zero-order valence-corrected chi connectivity index (χ0v) is 14.4. The zero-order valence-electron chi connectivity index (χ0n) is 12.8. The van der Waals surface area contributed by atoms with Crippen LogP contribution in [0.25, 0.3) is 16.6 Å². The van der Waals surface area contributed by atoms with E-state index >= 15 is 0 Å². The van der Waals surface area contributed by atoms with Crippen LogP contribution in [0.2, 0.25) is 0 Å². The average Bonchev–Trinajstić information content (AvgIpc) is 2.72. The topological polar surface area (TPSA) is 55.2 Å². The summed E-state index contributed by atoms with van der Waals surface area (Å²) in [6.07, 6.45) is 0. The number of nitrogens with zero attached hydrogens (tertiary/aromatic N) is 3. The molecule has 0 atom stereocenters. The number of rotatable bonds is 2. The standard InChI is InChI=1S/C18H14BrN3O2/c19-9-10-21-11-16-20-14-7-3-1-5-12(14)18(24)22(16)15-8-4-2-6-13(15)17(21)23/h1-8H,9-11H2. The van der Waals surface area contributed by atoms with Crippen molar-refractivity contribution >= 4 is 32.7 Å². The highest BCUT2D eigenvalue weighted by Gasteiger charge is 2.27. The van der Waals surface area contributed by atoms with Crippen LogP contribution in [0.15, 0.2) is 53.3 Å². The molecular formula is C18H14BrN3O2. The molecule has 0 bridgehead atoms. The van der Waals surface area contributed by atoms with Crippen molar-refractivity contribution < 1.29 is 4.79 Å². The lowest BCUT2D eigenvalue weighted by Crippen LogP contribution is -2.32. The lowest BCUT2D eigenvalue weighted by molar-refractivity contribution is 0.0756. The molecule has 120 valence electrons. The molecule has 6 heteroatoms. The first-order chi connectivity index (χ1) is 11.7. The molecule has 2 heterocycles. The van der Waals surface area contributed by atoms with Gasteiger partial charge in [-0.1, -0.05) is 40.2 Å². The molecule has 0 saturated heterocycles. The number of amides is 1. The minimum atomic E-state index is -0.142. The molecule has 0 fully saturated rings. The Morgan fingerprint density at radius 2 is 1.79 bits per heavy atom. The van der Waals surface area contributed by atoms with Crippen molar-refractivity contribution in [3.05, 3.63) is 70.3 Å². The number of carbonyl (C=O) groups is 1. The van der Waals surface area contributed by atoms with Crippen molar-refractivity contribution in [3.8, 4) is 5.69 Å². The molecule has 0 N–H and O–H groups in total. The maximum absolute atomic E-state index is 13.0. The van der Waals surface area contributed by atoms with Crippen LogP contribution in [0.4, 0.5) is 0 Å². The molecule has 4 rings (SSSR count). The van der Waals surface area contributed by atoms with E-state index in [4.69, 9.17) is 0 Å². The maximum Gasteiger partial charge on any atom is 0.266 e. The molecule has 0 radical (unpaired) electrons. The van der Waals surface area contributed by atoms with E-state index < -0.39 is 0 Å². The summed E-state index contributed by atoms with van der Waals surface area (Å²) in [6.45, 7) is 0.856. The predicted molar refractivity (Wildman–Crippen MR) is 95.9 cm³/mol. The van der Waals surface area contributed by atoms with Crippen molar-refractivity contribution in [2.24, 2.45) is 0 Å². The summed E-state index contributed by atoms with van der Waals surface area (Å²) >= 11 is 3.39. The molecule has 0 aliphatic carbocycles. The van der Waals surface area contributed by atoms with Crippen molar-refractivity contribution in [2.45, 2.75) is 6.54 Å². The summed E-state index contributed by atoms with van der Waals surface area (Å²) in [5.41, 5.74) is 1.63. The molecule has 0 spiro atoms. The van der Waals surface area contributed by atoms with Gasteiger partial charge in [-0.05, 0) is 24.3 Å². The largest absolute Gasteiger partial charge is 0.330 e. The van der Waals surface area contributed by atoms with E-state index in [1.54, 1.807) is 27.7 Å². The van der Waals surface area contributed by atoms with Crippen molar-refractivity contribution in [1.29, 1.82) is 0 Å². The summed E-state index contributed by atoms with van der Waals surface area (Å²) in [4.78, 5) is 32.3. The number of fused-ring (bicyclic) bond motifs is 4. The lowest BCUT2D eigenvalue weighted by Gasteiger charge is -2.19. The van der Waals surface area contributed by atoms with E-state index in [-0.39, 0.29) is 11.5 Å². The second-order valence-electron chi connectivity index (χ2n) is 5.62. The molecule has 1 aliphatic heterocycles. The third-order valence-corrected chi connectivity index (χ3v) is 4.55. The molecule has 0 unspecified atom stereocenters. The van der Waals surface area contributed by atoms with Gasteiger partial charge >= 0.3 is 0 Å². The van der Waals surface area contributed by atoms with Crippen LogP contribution >= 0.6 is 15.9 Å². The smallest absolute Gasteiger partial charge is 0.266 e. The fraction of sp³-hybridized carbons (Fsp3) is 0.167. The molecule has 1 amide bonds. The Morgan fingerprint density at radius 3 is 2.62 bits per heavy atom. The van der Waals surface area contributed by atoms with Crippen LogP contribution in [0, 0.1) is 0 Å². The fourth-order valence-corrected chi connectivity index (χ4v) is 3.51. The fourth-order valence-electron chi connectivity index (χ4n) is 3.08. The minimum absolute atomic E-state index is 0.0843. The Kier molecular flexibility index (Phi) is 3.69. The van der Waals surface area contributed by atoms with E-state index in [0.717, 1.165) is 0 Å². The third kappa shape index (κ3) is 2.26. The van der Waals surface area contributed by atoms with Gasteiger partial charge in [0.05, 0.1) is 28.7 Å². The number of hydrogen-bond acceptors (Lipinski definition) is 3. The number of benzene rings is 2. The summed E-state index contributed by atoms with van der Waals surface area (Å²) in [5.74, 6) is 0.497. The highest BCUT2D eigenvalue weighted by Crippen LogP contribution is 2.23. The Morgan fingerprint density at radius 1 is 1.04 bits per heavy atom. The molecule has 1 aromatic heterocycles. The van der Waals surface area contributed by atoms with Crippen LogP contribution in [0.3, 0.4) is 0 Å². The molecule has 0 saturated carbocycles. The predicted octanol–water partition coefficient (Wildman–Crippen LogP) is 2.74. The maximum atomic E-state index is 13.0. The van der Waals surface area contributed by atoms with Gasteiger partial charge in [0.1, 0.15) is 5.82 Å². The Hall–Kier alpha value is -2.47. The highest BCUT2D eigenvalue weighted by atomic mass is 79.9. The summed E-state index contributed by atoms with van der Waals surface area (Å²) in [5, 5.41) is 1.22. The average molecular weight is 384 g/mol. The van der Waals surface area contributed by atoms with Crippen LogP contribution in [-0.2, 0) is 6.54 Å². The van der Waals surface area contributed by atoms with E-state index in [1.807, 2.05) is 30.3 Å². The Labute approximate surface area is 146 Å². The molecule has 3 aromatic rings. The Bertz CT molecular complexity index is 1010. The van der Waals surface area contributed by atoms with Gasteiger partial charge in [-0.25, -0.2) is 4.98 Å². The van der Waals surface area contributed by atoms with E-state index in [0.29, 0.717) is 46.4 Å². The van der Waals surface area contributed by atoms with Gasteiger partial charge in [-0.3, -0.25) is 14.2 Å². The number of alkyl halides is 1. The van der Waals surface area contributed by atoms with E-state index in [2.05, 4.69) is 20.9 Å². The van der Waals surface area contributed by atoms with Crippen molar-refractivity contribution in [1.82, 2.24) is 14.5 Å². The SMILES string of the molecule is O=C1c2ccccc2-n2c(nc3ccccc3c2=O)CN1CCBr. The van der Waals surface area contributed by atoms with Crippen LogP contribution < -0.4 is 5.56 Å². The number of halogens is 1. The first-order valence-electron chi connectivity index (χ1n) is 7.66. The van der Waals surface area contributed by atoms with Gasteiger partial charge < -0.3 is 4.90 Å². The first kappa shape index (κ1) is 15.1. The number of aromatic nitrogens is 2. The van der Waals surface area contributed by atoms with Crippen molar-refractivity contribution in [2.75, 3.05) is 11.9 Å². The van der Waals surface area contributed by atoms with Gasteiger partial charge in [-0.15, -0.1) is 0 Å². The van der Waals surface area contributed by atoms with Crippen LogP contribution in [-0.4, -0.2) is 32.2 Å². The summed E-state index contributed by atoms with van der Waals surface area (Å²) in [6, 6.07) is 14.5. The second-order valence-corrected chi connectivity index (χ2v) is 6.41. The van der Waals surface area contributed by atoms with E-state index in [1.165, 1.54) is 0 Å². The van der Waals surface area contributed by atoms with Crippen molar-refractivity contribution in [3.63, 3.8) is 0 Å². The normalized spacial score (nSPS) is 13.5. The van der Waals surface area contributed by atoms with Gasteiger partial charge in [0.25, 0.3) is 11.5 Å². The zero-order chi connectivity index (χ0) is 16.7. The molecular weight excluding hydrogens is 370 g/mol. The monoisotopic (exact) mass is 383 g/mol. The van der Waals surface area contributed by atoms with Crippen LogP contribution in [0.1, 0.15) is 16.2 Å². The summed E-state index contributed by atoms with van der Waals surface area (Å²) in [7, 11) is 0. The second kappa shape index (κ2) is 5.87. The highest BCUT2D eigenvalue weighted by molar-refractivity contribution is 9.09. The summed E-state index contributed by atoms with van der Waals surface area (Å²) < 4.78 is 1.57. The van der Waals surface area contributed by atoms with Gasteiger partial charge in [-0.2, -0.15) is 0 Å². The lowest BCUT2D eigenvalue weighted by atomic mass is 10.1. The van der Waals surface area contributed by atoms with Gasteiger partial charge in [0, 0.05) is 11.9 Å². The molecule has 24 heavy (non-hydrogen) atoms. The first-order valence-corrected chi connectivity index (χ1v) is 8.78. The van der Waals surface area contributed by atoms with Gasteiger partial charge in [0.2, 0.25) is 0 Å². The Balaban J connectivity index is 2.08. The van der Waals surface area contributed by atoms with E-state index in [9.17, 15) is 9.59 Å².